The molecule has 0 aliphatic heterocycles. The minimum atomic E-state index is -3.42. The summed E-state index contributed by atoms with van der Waals surface area (Å²) in [4.78, 5) is -1.70. The lowest BCUT2D eigenvalue weighted by Crippen LogP contribution is -2.09. The minimum absolute atomic E-state index is 1.39. The van der Waals surface area contributed by atoms with Gasteiger partial charge >= 0.3 is 0 Å². The number of nitrogens with two attached hydrogens (primary N) is 1. The van der Waals surface area contributed by atoms with Crippen LogP contribution in [0.25, 0.3) is 0 Å². The molecule has 0 heterocycles. The third-order valence-electron chi connectivity index (χ3n) is 1.42. The van der Waals surface area contributed by atoms with Gasteiger partial charge in [-0.2, -0.15) is 0 Å². The second-order valence-corrected chi connectivity index (χ2v) is 3.11. The molecule has 1 atom stereocenters. The molecule has 8 heteroatoms. The van der Waals surface area contributed by atoms with Crippen LogP contribution < -0.4 is 5.73 Å². The van der Waals surface area contributed by atoms with Crippen molar-refractivity contribution in [3.63, 3.8) is 0 Å². The van der Waals surface area contributed by atoms with E-state index in [2.05, 4.69) is 5.73 Å². The maximum absolute atomic E-state index is 12.7. The smallest absolute Gasteiger partial charge is 0.186 e. The van der Waals surface area contributed by atoms with Crippen LogP contribution in [-0.2, 0) is 11.1 Å². The van der Waals surface area contributed by atoms with Gasteiger partial charge in [-0.3, -0.25) is 4.21 Å². The Morgan fingerprint density at radius 1 is 1.00 bits per heavy atom. The molecule has 0 aliphatic carbocycles. The third-order valence-corrected chi connectivity index (χ3v) is 2.12. The molecule has 2 N–H and O–H groups in total. The lowest BCUT2D eigenvalue weighted by Gasteiger charge is -2.10. The van der Waals surface area contributed by atoms with Crippen LogP contribution >= 0.6 is 0 Å². The highest BCUT2D eigenvalue weighted by Gasteiger charge is 2.24. The largest absolute Gasteiger partial charge is 0.768 e. The van der Waals surface area contributed by atoms with Crippen molar-refractivity contribution in [2.75, 3.05) is 5.73 Å². The van der Waals surface area contributed by atoms with Gasteiger partial charge in [0.2, 0.25) is 0 Å². The number of rotatable bonds is 1. The van der Waals surface area contributed by atoms with Crippen molar-refractivity contribution in [3.05, 3.63) is 23.3 Å². The average molecular weight is 228 g/mol. The van der Waals surface area contributed by atoms with Gasteiger partial charge < -0.3 is 10.3 Å². The first-order valence-corrected chi connectivity index (χ1v) is 4.16. The van der Waals surface area contributed by atoms with Gasteiger partial charge in [0.05, 0.1) is 0 Å². The van der Waals surface area contributed by atoms with E-state index in [9.17, 15) is 26.3 Å². The molecular formula is C6H2F4NO2S-. The third kappa shape index (κ3) is 1.46. The average Bonchev–Trinajstić information content (AvgIpc) is 2.11. The van der Waals surface area contributed by atoms with Crippen molar-refractivity contribution in [2.24, 2.45) is 0 Å². The summed E-state index contributed by atoms with van der Waals surface area (Å²) >= 11 is -3.42. The Kier molecular flexibility index (Phi) is 2.76. The van der Waals surface area contributed by atoms with Gasteiger partial charge in [0.1, 0.15) is 10.6 Å². The molecule has 78 valence electrons. The number of anilines is 1. The van der Waals surface area contributed by atoms with Crippen LogP contribution in [0, 0.1) is 23.3 Å². The molecule has 0 fully saturated rings. The van der Waals surface area contributed by atoms with Crippen molar-refractivity contribution in [3.8, 4) is 0 Å². The minimum Gasteiger partial charge on any atom is -0.768 e. The lowest BCUT2D eigenvalue weighted by molar-refractivity contribution is 0.419. The van der Waals surface area contributed by atoms with E-state index in [-0.39, 0.29) is 0 Å². The maximum Gasteiger partial charge on any atom is 0.186 e. The Morgan fingerprint density at radius 3 is 1.64 bits per heavy atom. The molecule has 0 radical (unpaired) electrons. The van der Waals surface area contributed by atoms with Gasteiger partial charge in [0.25, 0.3) is 0 Å². The summed E-state index contributed by atoms with van der Waals surface area (Å²) in [6.45, 7) is 0. The van der Waals surface area contributed by atoms with E-state index in [0.29, 0.717) is 0 Å². The Balaban J connectivity index is 3.68. The van der Waals surface area contributed by atoms with Crippen molar-refractivity contribution >= 4 is 16.8 Å². The molecule has 0 amide bonds. The molecule has 1 unspecified atom stereocenters. The van der Waals surface area contributed by atoms with Gasteiger partial charge in [-0.1, -0.05) is 0 Å². The Morgan fingerprint density at radius 2 is 1.36 bits per heavy atom. The molecule has 3 nitrogen and oxygen atoms in total. The van der Waals surface area contributed by atoms with E-state index in [1.807, 2.05) is 0 Å². The zero-order valence-electron chi connectivity index (χ0n) is 6.31. The summed E-state index contributed by atoms with van der Waals surface area (Å²) in [5, 5.41) is 0. The van der Waals surface area contributed by atoms with Crippen LogP contribution in [0.4, 0.5) is 23.2 Å². The monoisotopic (exact) mass is 228 g/mol. The first-order valence-electron chi connectivity index (χ1n) is 3.08. The number of nitrogen functional groups attached to an aromatic ring is 1. The molecule has 0 saturated heterocycles. The molecule has 0 spiro atoms. The van der Waals surface area contributed by atoms with Crippen molar-refractivity contribution in [1.29, 1.82) is 0 Å². The first-order chi connectivity index (χ1) is 6.37. The van der Waals surface area contributed by atoms with Crippen LogP contribution in [0.5, 0.6) is 0 Å². The van der Waals surface area contributed by atoms with E-state index in [1.165, 1.54) is 0 Å². The van der Waals surface area contributed by atoms with Gasteiger partial charge in [-0.05, 0) is 11.1 Å². The van der Waals surface area contributed by atoms with E-state index in [1.54, 1.807) is 0 Å². The number of hydrogen-bond donors (Lipinski definition) is 1. The Bertz CT molecular complexity index is 394. The summed E-state index contributed by atoms with van der Waals surface area (Å²) in [5.74, 6) is -7.92. The van der Waals surface area contributed by atoms with Crippen LogP contribution in [-0.4, -0.2) is 8.76 Å². The van der Waals surface area contributed by atoms with Crippen molar-refractivity contribution in [2.45, 2.75) is 4.90 Å². The summed E-state index contributed by atoms with van der Waals surface area (Å²) in [5.41, 5.74) is 3.23. The zero-order valence-corrected chi connectivity index (χ0v) is 7.13. The summed E-state index contributed by atoms with van der Waals surface area (Å²) in [7, 11) is 0. The fourth-order valence-corrected chi connectivity index (χ4v) is 1.25. The molecule has 0 aliphatic rings. The van der Waals surface area contributed by atoms with E-state index in [4.69, 9.17) is 0 Å². The molecule has 1 aromatic carbocycles. The maximum atomic E-state index is 12.7. The second kappa shape index (κ2) is 3.54. The van der Waals surface area contributed by atoms with Crippen LogP contribution in [0.3, 0.4) is 0 Å². The SMILES string of the molecule is Nc1c(F)c(F)c(S(=O)[O-])c(F)c1F. The van der Waals surface area contributed by atoms with Crippen molar-refractivity contribution in [1.82, 2.24) is 0 Å². The fourth-order valence-electron chi connectivity index (χ4n) is 0.775. The van der Waals surface area contributed by atoms with Crippen LogP contribution in [0.1, 0.15) is 0 Å². The zero-order chi connectivity index (χ0) is 11.0. The summed E-state index contributed by atoms with van der Waals surface area (Å²) < 4.78 is 71.0. The van der Waals surface area contributed by atoms with Gasteiger partial charge in [0, 0.05) is 0 Å². The van der Waals surface area contributed by atoms with Crippen molar-refractivity contribution < 1.29 is 26.3 Å². The normalized spacial score (nSPS) is 12.9. The Labute approximate surface area is 77.8 Å². The molecule has 0 bridgehead atoms. The Hall–Kier alpha value is -1.15. The van der Waals surface area contributed by atoms with E-state index < -0.39 is 44.9 Å². The van der Waals surface area contributed by atoms with Crippen LogP contribution in [0.15, 0.2) is 4.90 Å². The summed E-state index contributed by atoms with van der Waals surface area (Å²) in [6.07, 6.45) is 0. The predicted octanol–water partition coefficient (Wildman–Crippen LogP) is 1.06. The number of benzene rings is 1. The molecule has 14 heavy (non-hydrogen) atoms. The molecule has 0 aromatic heterocycles. The van der Waals surface area contributed by atoms with E-state index >= 15 is 0 Å². The second-order valence-electron chi connectivity index (χ2n) is 2.23. The molecule has 0 saturated carbocycles. The van der Waals surface area contributed by atoms with E-state index in [0.717, 1.165) is 0 Å². The number of halogens is 4. The summed E-state index contributed by atoms with van der Waals surface area (Å²) in [6, 6.07) is 0. The highest BCUT2D eigenvalue weighted by molar-refractivity contribution is 7.79. The molecule has 1 aromatic rings. The lowest BCUT2D eigenvalue weighted by atomic mass is 10.2. The highest BCUT2D eigenvalue weighted by Crippen LogP contribution is 2.27. The standard InChI is InChI=1S/C6H3F4NO2S/c7-1-3(9)6(14(12)13)4(10)2(8)5(1)11/h11H2,(H,12,13)/p-1. The van der Waals surface area contributed by atoms with Gasteiger partial charge in [-0.25, -0.2) is 17.6 Å². The first kappa shape index (κ1) is 10.9. The number of hydrogen-bond acceptors (Lipinski definition) is 3. The van der Waals surface area contributed by atoms with Gasteiger partial charge in [0.15, 0.2) is 23.3 Å². The highest BCUT2D eigenvalue weighted by atomic mass is 32.2. The predicted molar refractivity (Wildman–Crippen MR) is 37.9 cm³/mol. The van der Waals surface area contributed by atoms with Gasteiger partial charge in [-0.15, -0.1) is 0 Å². The fraction of sp³-hybridized carbons (Fsp3) is 0. The molecule has 1 rings (SSSR count). The van der Waals surface area contributed by atoms with Crippen LogP contribution in [0.2, 0.25) is 0 Å². The topological polar surface area (TPSA) is 66.2 Å². The quantitative estimate of drug-likeness (QED) is 0.338. The molecular weight excluding hydrogens is 226 g/mol.